The third kappa shape index (κ3) is 2.93. The fourth-order valence-electron chi connectivity index (χ4n) is 1.99. The molecule has 1 aromatic rings. The number of pyridine rings is 1. The van der Waals surface area contributed by atoms with Crippen LogP contribution in [0.5, 0.6) is 0 Å². The number of hydrogen-bond acceptors (Lipinski definition) is 3. The summed E-state index contributed by atoms with van der Waals surface area (Å²) in [6, 6.07) is 3.25. The highest BCUT2D eigenvalue weighted by Gasteiger charge is 2.36. The Morgan fingerprint density at radius 3 is 2.45 bits per heavy atom. The van der Waals surface area contributed by atoms with Crippen molar-refractivity contribution in [2.24, 2.45) is 5.92 Å². The van der Waals surface area contributed by atoms with Gasteiger partial charge in [0.25, 0.3) is 5.91 Å². The van der Waals surface area contributed by atoms with E-state index in [1.54, 1.807) is 6.07 Å². The van der Waals surface area contributed by atoms with Crippen molar-refractivity contribution in [3.05, 3.63) is 28.5 Å². The number of hydrogen-bond donors (Lipinski definition) is 1. The molecule has 1 fully saturated rings. The van der Waals surface area contributed by atoms with Gasteiger partial charge < -0.3 is 10.0 Å². The van der Waals surface area contributed by atoms with Gasteiger partial charge in [-0.25, -0.2) is 4.98 Å². The SMILES string of the molecule is CC(C)(C)c1cc(C(=O)N2CC(C(=O)O)C2)cc(Cl)n1. The average molecular weight is 297 g/mol. The maximum absolute atomic E-state index is 12.3. The lowest BCUT2D eigenvalue weighted by molar-refractivity contribution is -0.146. The third-order valence-electron chi connectivity index (χ3n) is 3.33. The molecule has 5 nitrogen and oxygen atoms in total. The summed E-state index contributed by atoms with van der Waals surface area (Å²) in [5, 5.41) is 9.10. The molecule has 1 aliphatic heterocycles. The molecule has 2 rings (SSSR count). The number of carbonyl (C=O) groups is 2. The minimum absolute atomic E-state index is 0.197. The van der Waals surface area contributed by atoms with Gasteiger partial charge in [-0.2, -0.15) is 0 Å². The van der Waals surface area contributed by atoms with Gasteiger partial charge in [0, 0.05) is 29.8 Å². The third-order valence-corrected chi connectivity index (χ3v) is 3.52. The Bertz CT molecular complexity index is 560. The number of amides is 1. The van der Waals surface area contributed by atoms with Crippen molar-refractivity contribution < 1.29 is 14.7 Å². The van der Waals surface area contributed by atoms with E-state index < -0.39 is 11.9 Å². The molecule has 0 unspecified atom stereocenters. The van der Waals surface area contributed by atoms with Crippen LogP contribution < -0.4 is 0 Å². The van der Waals surface area contributed by atoms with Crippen molar-refractivity contribution in [1.29, 1.82) is 0 Å². The monoisotopic (exact) mass is 296 g/mol. The number of halogens is 1. The fraction of sp³-hybridized carbons (Fsp3) is 0.500. The van der Waals surface area contributed by atoms with E-state index in [4.69, 9.17) is 16.7 Å². The normalized spacial score (nSPS) is 15.9. The quantitative estimate of drug-likeness (QED) is 0.849. The zero-order valence-electron chi connectivity index (χ0n) is 11.7. The van der Waals surface area contributed by atoms with Gasteiger partial charge in [0.1, 0.15) is 5.15 Å². The predicted molar refractivity (Wildman–Crippen MR) is 75.0 cm³/mol. The highest BCUT2D eigenvalue weighted by Crippen LogP contribution is 2.25. The van der Waals surface area contributed by atoms with Crippen LogP contribution in [0, 0.1) is 5.92 Å². The Labute approximate surface area is 122 Å². The Hall–Kier alpha value is -1.62. The van der Waals surface area contributed by atoms with E-state index in [9.17, 15) is 9.59 Å². The van der Waals surface area contributed by atoms with Gasteiger partial charge >= 0.3 is 5.97 Å². The van der Waals surface area contributed by atoms with Gasteiger partial charge in [-0.3, -0.25) is 9.59 Å². The molecule has 1 aromatic heterocycles. The molecular formula is C14H17ClN2O3. The fourth-order valence-corrected chi connectivity index (χ4v) is 2.20. The van der Waals surface area contributed by atoms with Gasteiger partial charge in [-0.05, 0) is 12.1 Å². The van der Waals surface area contributed by atoms with Gasteiger partial charge in [-0.15, -0.1) is 0 Å². The second-order valence-electron chi connectivity index (χ2n) is 6.06. The van der Waals surface area contributed by atoms with Crippen molar-refractivity contribution in [3.8, 4) is 0 Å². The summed E-state index contributed by atoms with van der Waals surface area (Å²) in [5.74, 6) is -1.52. The van der Waals surface area contributed by atoms with Crippen molar-refractivity contribution in [2.45, 2.75) is 26.2 Å². The van der Waals surface area contributed by atoms with Crippen LogP contribution in [0.1, 0.15) is 36.8 Å². The van der Waals surface area contributed by atoms with Crippen molar-refractivity contribution >= 4 is 23.5 Å². The van der Waals surface area contributed by atoms with Crippen molar-refractivity contribution in [1.82, 2.24) is 9.88 Å². The van der Waals surface area contributed by atoms with Crippen LogP contribution in [0.2, 0.25) is 5.15 Å². The molecule has 1 saturated heterocycles. The van der Waals surface area contributed by atoms with Crippen LogP contribution in [-0.4, -0.2) is 40.0 Å². The first-order valence-corrected chi connectivity index (χ1v) is 6.76. The summed E-state index contributed by atoms with van der Waals surface area (Å²) in [6.45, 7) is 6.47. The molecule has 20 heavy (non-hydrogen) atoms. The average Bonchev–Trinajstić information content (AvgIpc) is 2.24. The number of carboxylic acid groups (broad SMARTS) is 1. The summed E-state index contributed by atoms with van der Waals surface area (Å²) in [4.78, 5) is 28.8. The zero-order valence-corrected chi connectivity index (χ0v) is 12.4. The van der Waals surface area contributed by atoms with E-state index in [1.807, 2.05) is 20.8 Å². The molecule has 0 radical (unpaired) electrons. The van der Waals surface area contributed by atoms with Crippen LogP contribution in [0.25, 0.3) is 0 Å². The molecule has 0 atom stereocenters. The lowest BCUT2D eigenvalue weighted by Crippen LogP contribution is -2.53. The summed E-state index contributed by atoms with van der Waals surface area (Å²) < 4.78 is 0. The first-order chi connectivity index (χ1) is 9.18. The molecule has 108 valence electrons. The highest BCUT2D eigenvalue weighted by atomic mass is 35.5. The number of rotatable bonds is 2. The molecule has 0 bridgehead atoms. The molecule has 2 heterocycles. The molecular weight excluding hydrogens is 280 g/mol. The molecule has 0 aromatic carbocycles. The molecule has 1 aliphatic rings. The second-order valence-corrected chi connectivity index (χ2v) is 6.45. The maximum atomic E-state index is 12.3. The van der Waals surface area contributed by atoms with Crippen molar-refractivity contribution in [2.75, 3.05) is 13.1 Å². The van der Waals surface area contributed by atoms with Crippen molar-refractivity contribution in [3.63, 3.8) is 0 Å². The predicted octanol–water partition coefficient (Wildman–Crippen LogP) is 2.19. The Morgan fingerprint density at radius 1 is 1.35 bits per heavy atom. The summed E-state index contributed by atoms with van der Waals surface area (Å²) >= 11 is 5.97. The Morgan fingerprint density at radius 2 is 1.95 bits per heavy atom. The number of likely N-dealkylation sites (tertiary alicyclic amines) is 1. The van der Waals surface area contributed by atoms with Gasteiger partial charge in [-0.1, -0.05) is 32.4 Å². The lowest BCUT2D eigenvalue weighted by Gasteiger charge is -2.36. The molecule has 0 saturated carbocycles. The van der Waals surface area contributed by atoms with E-state index in [1.165, 1.54) is 11.0 Å². The van der Waals surface area contributed by atoms with Gasteiger partial charge in [0.15, 0.2) is 0 Å². The van der Waals surface area contributed by atoms with Gasteiger partial charge in [0.05, 0.1) is 5.92 Å². The van der Waals surface area contributed by atoms with Crippen LogP contribution in [-0.2, 0) is 10.2 Å². The summed E-state index contributed by atoms with van der Waals surface area (Å²) in [7, 11) is 0. The number of aliphatic carboxylic acids is 1. The standard InChI is InChI=1S/C14H17ClN2O3/c1-14(2,3)10-4-8(5-11(15)16-10)12(18)17-6-9(7-17)13(19)20/h4-5,9H,6-7H2,1-3H3,(H,19,20). The second kappa shape index (κ2) is 5.05. The first kappa shape index (κ1) is 14.8. The van der Waals surface area contributed by atoms with E-state index >= 15 is 0 Å². The Kier molecular flexibility index (Phi) is 3.73. The minimum Gasteiger partial charge on any atom is -0.481 e. The highest BCUT2D eigenvalue weighted by molar-refractivity contribution is 6.29. The molecule has 6 heteroatoms. The van der Waals surface area contributed by atoms with Gasteiger partial charge in [0.2, 0.25) is 0 Å². The van der Waals surface area contributed by atoms with Crippen LogP contribution in [0.15, 0.2) is 12.1 Å². The zero-order chi connectivity index (χ0) is 15.1. The molecule has 0 spiro atoms. The first-order valence-electron chi connectivity index (χ1n) is 6.38. The molecule has 1 N–H and O–H groups in total. The number of carbonyl (C=O) groups excluding carboxylic acids is 1. The Balaban J connectivity index is 2.19. The van der Waals surface area contributed by atoms with Crippen LogP contribution in [0.4, 0.5) is 0 Å². The summed E-state index contributed by atoms with van der Waals surface area (Å²) in [5.41, 5.74) is 0.987. The minimum atomic E-state index is -0.864. The largest absolute Gasteiger partial charge is 0.481 e. The van der Waals surface area contributed by atoms with Crippen LogP contribution >= 0.6 is 11.6 Å². The topological polar surface area (TPSA) is 70.5 Å². The number of carboxylic acids is 1. The van der Waals surface area contributed by atoms with E-state index in [-0.39, 0.29) is 29.6 Å². The van der Waals surface area contributed by atoms with E-state index in [0.29, 0.717) is 5.56 Å². The lowest BCUT2D eigenvalue weighted by atomic mass is 9.90. The summed E-state index contributed by atoms with van der Waals surface area (Å²) in [6.07, 6.45) is 0. The number of nitrogens with zero attached hydrogens (tertiary/aromatic N) is 2. The maximum Gasteiger partial charge on any atom is 0.310 e. The van der Waals surface area contributed by atoms with E-state index in [0.717, 1.165) is 5.69 Å². The number of aromatic nitrogens is 1. The molecule has 1 amide bonds. The smallest absolute Gasteiger partial charge is 0.310 e. The van der Waals surface area contributed by atoms with Crippen LogP contribution in [0.3, 0.4) is 0 Å². The molecule has 0 aliphatic carbocycles. The van der Waals surface area contributed by atoms with E-state index in [2.05, 4.69) is 4.98 Å².